The molecular formula is C17H15N7O2. The van der Waals surface area contributed by atoms with E-state index in [1.54, 1.807) is 24.8 Å². The lowest BCUT2D eigenvalue weighted by Crippen LogP contribution is -2.36. The quantitative estimate of drug-likeness (QED) is 0.222. The van der Waals surface area contributed by atoms with Crippen LogP contribution >= 0.6 is 0 Å². The molecule has 0 saturated heterocycles. The van der Waals surface area contributed by atoms with Crippen molar-refractivity contribution in [3.8, 4) is 11.4 Å². The Labute approximate surface area is 147 Å². The van der Waals surface area contributed by atoms with E-state index in [0.717, 1.165) is 16.6 Å². The first kappa shape index (κ1) is 17.0. The summed E-state index contributed by atoms with van der Waals surface area (Å²) < 4.78 is 0. The standard InChI is InChI=1S/C12H10N6O2.C5H5N/c13-18(6-19)12(20)9-5-16-11(17-9)8-4-15-10-7(8)2-1-3-14-10;1-2-4-6-5-3-1/h1-6H,13H2,(H,14,15)(H,16,17);1-5H. The Bertz CT molecular complexity index is 983. The van der Waals surface area contributed by atoms with E-state index in [1.165, 1.54) is 6.20 Å². The lowest BCUT2D eigenvalue weighted by Gasteiger charge is -2.04. The fraction of sp³-hybridized carbons (Fsp3) is 0. The fourth-order valence-corrected chi connectivity index (χ4v) is 2.21. The van der Waals surface area contributed by atoms with Crippen molar-refractivity contribution < 1.29 is 9.59 Å². The zero-order valence-corrected chi connectivity index (χ0v) is 13.5. The lowest BCUT2D eigenvalue weighted by atomic mass is 10.2. The number of hydrogen-bond donors (Lipinski definition) is 3. The molecule has 26 heavy (non-hydrogen) atoms. The van der Waals surface area contributed by atoms with Crippen LogP contribution in [0.25, 0.3) is 22.4 Å². The maximum Gasteiger partial charge on any atom is 0.294 e. The van der Waals surface area contributed by atoms with Gasteiger partial charge in [0, 0.05) is 41.9 Å². The van der Waals surface area contributed by atoms with Gasteiger partial charge in [0.25, 0.3) is 5.91 Å². The number of carbonyl (C=O) groups excluding carboxylic acids is 2. The molecule has 0 aliphatic rings. The number of pyridine rings is 2. The van der Waals surface area contributed by atoms with Crippen LogP contribution in [0.5, 0.6) is 0 Å². The largest absolute Gasteiger partial charge is 0.345 e. The van der Waals surface area contributed by atoms with Crippen molar-refractivity contribution in [2.75, 3.05) is 0 Å². The molecule has 0 fully saturated rings. The summed E-state index contributed by atoms with van der Waals surface area (Å²) in [6, 6.07) is 9.41. The molecule has 2 amide bonds. The Morgan fingerprint density at radius 2 is 1.88 bits per heavy atom. The van der Waals surface area contributed by atoms with Gasteiger partial charge in [0.15, 0.2) is 0 Å². The van der Waals surface area contributed by atoms with Crippen molar-refractivity contribution in [3.63, 3.8) is 0 Å². The summed E-state index contributed by atoms with van der Waals surface area (Å²) in [5.41, 5.74) is 1.56. The second-order valence-corrected chi connectivity index (χ2v) is 5.08. The van der Waals surface area contributed by atoms with Gasteiger partial charge in [-0.25, -0.2) is 20.8 Å². The number of hydrazine groups is 1. The molecule has 4 aromatic rings. The third-order valence-corrected chi connectivity index (χ3v) is 3.42. The molecule has 9 nitrogen and oxygen atoms in total. The molecule has 0 aliphatic carbocycles. The van der Waals surface area contributed by atoms with Gasteiger partial charge in [-0.1, -0.05) is 6.07 Å². The molecule has 4 aromatic heterocycles. The van der Waals surface area contributed by atoms with E-state index in [0.29, 0.717) is 10.8 Å². The van der Waals surface area contributed by atoms with Crippen LogP contribution in [0.15, 0.2) is 61.3 Å². The Morgan fingerprint density at radius 3 is 2.54 bits per heavy atom. The highest BCUT2D eigenvalue weighted by molar-refractivity contribution is 5.98. The van der Waals surface area contributed by atoms with Gasteiger partial charge in [-0.05, 0) is 24.3 Å². The monoisotopic (exact) mass is 349 g/mol. The molecular weight excluding hydrogens is 334 g/mol. The molecule has 4 rings (SSSR count). The minimum absolute atomic E-state index is 0.0628. The smallest absolute Gasteiger partial charge is 0.294 e. The van der Waals surface area contributed by atoms with Crippen LogP contribution < -0.4 is 5.84 Å². The predicted octanol–water partition coefficient (Wildman–Crippen LogP) is 1.51. The van der Waals surface area contributed by atoms with Crippen molar-refractivity contribution in [2.24, 2.45) is 5.84 Å². The average Bonchev–Trinajstić information content (AvgIpc) is 3.35. The normalized spacial score (nSPS) is 10.0. The highest BCUT2D eigenvalue weighted by Gasteiger charge is 2.17. The van der Waals surface area contributed by atoms with Gasteiger partial charge >= 0.3 is 0 Å². The van der Waals surface area contributed by atoms with Gasteiger partial charge in [-0.15, -0.1) is 0 Å². The summed E-state index contributed by atoms with van der Waals surface area (Å²) in [5.74, 6) is 5.03. The van der Waals surface area contributed by atoms with E-state index in [1.807, 2.05) is 30.3 Å². The molecule has 0 aliphatic heterocycles. The maximum atomic E-state index is 11.7. The second-order valence-electron chi connectivity index (χ2n) is 5.08. The summed E-state index contributed by atoms with van der Waals surface area (Å²) >= 11 is 0. The molecule has 0 bridgehead atoms. The summed E-state index contributed by atoms with van der Waals surface area (Å²) in [7, 11) is 0. The minimum atomic E-state index is -0.680. The number of imidazole rings is 1. The molecule has 130 valence electrons. The summed E-state index contributed by atoms with van der Waals surface area (Å²) in [6.45, 7) is 0. The Kier molecular flexibility index (Phi) is 5.11. The first-order valence-electron chi connectivity index (χ1n) is 7.57. The van der Waals surface area contributed by atoms with Gasteiger partial charge in [0.2, 0.25) is 6.41 Å². The van der Waals surface area contributed by atoms with Crippen LogP contribution in [-0.2, 0) is 4.79 Å². The molecule has 9 heteroatoms. The van der Waals surface area contributed by atoms with Crippen LogP contribution in [0.2, 0.25) is 0 Å². The number of amides is 2. The number of hydrogen-bond acceptors (Lipinski definition) is 6. The van der Waals surface area contributed by atoms with Crippen molar-refractivity contribution in [2.45, 2.75) is 0 Å². The number of carbonyl (C=O) groups is 2. The van der Waals surface area contributed by atoms with Crippen LogP contribution in [0.1, 0.15) is 10.5 Å². The van der Waals surface area contributed by atoms with Gasteiger partial charge in [-0.3, -0.25) is 14.6 Å². The van der Waals surface area contributed by atoms with E-state index >= 15 is 0 Å². The van der Waals surface area contributed by atoms with Gasteiger partial charge in [-0.2, -0.15) is 0 Å². The topological polar surface area (TPSA) is 134 Å². The zero-order valence-electron chi connectivity index (χ0n) is 13.5. The number of aromatic amines is 2. The first-order valence-corrected chi connectivity index (χ1v) is 7.57. The summed E-state index contributed by atoms with van der Waals surface area (Å²) in [6.07, 6.45) is 8.54. The van der Waals surface area contributed by atoms with Crippen molar-refractivity contribution in [1.82, 2.24) is 29.9 Å². The first-order chi connectivity index (χ1) is 12.7. The fourth-order valence-electron chi connectivity index (χ4n) is 2.21. The number of nitrogens with one attached hydrogen (secondary N) is 2. The molecule has 4 N–H and O–H groups in total. The summed E-state index contributed by atoms with van der Waals surface area (Å²) in [5, 5.41) is 1.32. The number of imide groups is 1. The molecule has 0 radical (unpaired) electrons. The van der Waals surface area contributed by atoms with Gasteiger partial charge in [0.05, 0.1) is 0 Å². The van der Waals surface area contributed by atoms with Crippen molar-refractivity contribution >= 4 is 23.4 Å². The SMILES string of the molecule is NN(C=O)C(=O)c1c[nH]c(-c2c[nH]c3ncccc23)n1.c1ccncc1. The number of nitrogens with zero attached hydrogens (tertiary/aromatic N) is 4. The molecule has 0 atom stereocenters. The third-order valence-electron chi connectivity index (χ3n) is 3.42. The number of aromatic nitrogens is 5. The second kappa shape index (κ2) is 7.81. The number of nitrogens with two attached hydrogens (primary N) is 1. The van der Waals surface area contributed by atoms with Crippen molar-refractivity contribution in [1.29, 1.82) is 0 Å². The number of rotatable bonds is 3. The molecule has 0 aromatic carbocycles. The highest BCUT2D eigenvalue weighted by atomic mass is 16.2. The molecule has 0 saturated carbocycles. The van der Waals surface area contributed by atoms with Crippen LogP contribution in [-0.4, -0.2) is 42.2 Å². The van der Waals surface area contributed by atoms with Gasteiger partial charge in [0.1, 0.15) is 17.2 Å². The third kappa shape index (κ3) is 3.62. The zero-order chi connectivity index (χ0) is 18.4. The predicted molar refractivity (Wildman–Crippen MR) is 94.3 cm³/mol. The summed E-state index contributed by atoms with van der Waals surface area (Å²) in [4.78, 5) is 40.1. The maximum absolute atomic E-state index is 11.7. The van der Waals surface area contributed by atoms with Crippen LogP contribution in [0, 0.1) is 0 Å². The van der Waals surface area contributed by atoms with E-state index in [9.17, 15) is 9.59 Å². The molecule has 0 spiro atoms. The lowest BCUT2D eigenvalue weighted by molar-refractivity contribution is -0.116. The highest BCUT2D eigenvalue weighted by Crippen LogP contribution is 2.24. The number of fused-ring (bicyclic) bond motifs is 1. The Hall–Kier alpha value is -3.85. The van der Waals surface area contributed by atoms with Crippen LogP contribution in [0.3, 0.4) is 0 Å². The van der Waals surface area contributed by atoms with E-state index in [4.69, 9.17) is 5.84 Å². The van der Waals surface area contributed by atoms with Gasteiger partial charge < -0.3 is 9.97 Å². The minimum Gasteiger partial charge on any atom is -0.345 e. The van der Waals surface area contributed by atoms with E-state index < -0.39 is 5.91 Å². The number of H-pyrrole nitrogens is 2. The average molecular weight is 349 g/mol. The Balaban J connectivity index is 0.000000278. The molecule has 4 heterocycles. The van der Waals surface area contributed by atoms with E-state index in [-0.39, 0.29) is 12.1 Å². The Morgan fingerprint density at radius 1 is 1.08 bits per heavy atom. The van der Waals surface area contributed by atoms with Crippen LogP contribution in [0.4, 0.5) is 0 Å². The van der Waals surface area contributed by atoms with Crippen molar-refractivity contribution in [3.05, 3.63) is 67.0 Å². The molecule has 0 unspecified atom stereocenters. The van der Waals surface area contributed by atoms with E-state index in [2.05, 4.69) is 24.9 Å².